The highest BCUT2D eigenvalue weighted by molar-refractivity contribution is 5.92. The lowest BCUT2D eigenvalue weighted by Gasteiger charge is -2.17. The van der Waals surface area contributed by atoms with Gasteiger partial charge < -0.3 is 15.5 Å². The number of aromatic nitrogens is 2. The smallest absolute Gasteiger partial charge is 0.272 e. The molecule has 6 heteroatoms. The lowest BCUT2D eigenvalue weighted by atomic mass is 10.1. The fourth-order valence-corrected chi connectivity index (χ4v) is 3.38. The molecule has 29 heavy (non-hydrogen) atoms. The Morgan fingerprint density at radius 3 is 2.31 bits per heavy atom. The van der Waals surface area contributed by atoms with E-state index in [9.17, 15) is 4.79 Å². The monoisotopic (exact) mass is 387 g/mol. The molecule has 0 atom stereocenters. The highest BCUT2D eigenvalue weighted by atomic mass is 16.1. The van der Waals surface area contributed by atoms with Crippen molar-refractivity contribution in [2.75, 3.05) is 23.3 Å². The molecule has 1 aliphatic heterocycles. The summed E-state index contributed by atoms with van der Waals surface area (Å²) in [6, 6.07) is 19.8. The summed E-state index contributed by atoms with van der Waals surface area (Å²) in [7, 11) is 0. The van der Waals surface area contributed by atoms with Crippen LogP contribution in [0.2, 0.25) is 0 Å². The molecule has 0 unspecified atom stereocenters. The Kier molecular flexibility index (Phi) is 5.70. The van der Waals surface area contributed by atoms with Crippen LogP contribution in [0.5, 0.6) is 0 Å². The number of amides is 1. The quantitative estimate of drug-likeness (QED) is 0.667. The average molecular weight is 387 g/mol. The van der Waals surface area contributed by atoms with Crippen molar-refractivity contribution in [3.63, 3.8) is 0 Å². The van der Waals surface area contributed by atoms with Crippen LogP contribution in [0.3, 0.4) is 0 Å². The first-order valence-corrected chi connectivity index (χ1v) is 9.97. The van der Waals surface area contributed by atoms with Gasteiger partial charge in [0.1, 0.15) is 0 Å². The van der Waals surface area contributed by atoms with Crippen LogP contribution in [0.25, 0.3) is 0 Å². The molecule has 2 N–H and O–H groups in total. The van der Waals surface area contributed by atoms with Crippen LogP contribution in [0.4, 0.5) is 17.2 Å². The molecule has 1 amide bonds. The van der Waals surface area contributed by atoms with E-state index in [1.807, 2.05) is 43.3 Å². The van der Waals surface area contributed by atoms with Crippen molar-refractivity contribution in [3.05, 3.63) is 77.5 Å². The van der Waals surface area contributed by atoms with Gasteiger partial charge in [0.2, 0.25) is 0 Å². The SMILES string of the molecule is Cc1ccc(CNC(=O)c2ccc(Nc3ccc(N4CCCC4)cc3)nn2)cc1. The first kappa shape index (κ1) is 18.9. The van der Waals surface area contributed by atoms with Gasteiger partial charge >= 0.3 is 0 Å². The maximum absolute atomic E-state index is 12.3. The number of aryl methyl sites for hydroxylation is 1. The van der Waals surface area contributed by atoms with E-state index in [1.54, 1.807) is 12.1 Å². The number of rotatable bonds is 6. The highest BCUT2D eigenvalue weighted by Crippen LogP contribution is 2.23. The molecule has 0 aliphatic carbocycles. The Balaban J connectivity index is 1.32. The van der Waals surface area contributed by atoms with Gasteiger partial charge in [0.05, 0.1) is 0 Å². The van der Waals surface area contributed by atoms with Crippen molar-refractivity contribution in [1.82, 2.24) is 15.5 Å². The van der Waals surface area contributed by atoms with Crippen LogP contribution >= 0.6 is 0 Å². The molecule has 0 radical (unpaired) electrons. The van der Waals surface area contributed by atoms with Crippen molar-refractivity contribution in [2.24, 2.45) is 0 Å². The van der Waals surface area contributed by atoms with Gasteiger partial charge in [0.25, 0.3) is 5.91 Å². The minimum Gasteiger partial charge on any atom is -0.372 e. The third-order valence-electron chi connectivity index (χ3n) is 5.08. The molecule has 1 aliphatic rings. The van der Waals surface area contributed by atoms with E-state index in [0.29, 0.717) is 18.1 Å². The van der Waals surface area contributed by atoms with E-state index in [2.05, 4.69) is 37.9 Å². The second-order valence-corrected chi connectivity index (χ2v) is 7.34. The van der Waals surface area contributed by atoms with Gasteiger partial charge in [0, 0.05) is 31.0 Å². The summed E-state index contributed by atoms with van der Waals surface area (Å²) in [5.41, 5.74) is 4.73. The van der Waals surface area contributed by atoms with Crippen LogP contribution in [-0.2, 0) is 6.54 Å². The Hall–Kier alpha value is -3.41. The van der Waals surface area contributed by atoms with E-state index >= 15 is 0 Å². The van der Waals surface area contributed by atoms with Crippen LogP contribution in [0, 0.1) is 6.92 Å². The van der Waals surface area contributed by atoms with Crippen molar-refractivity contribution in [1.29, 1.82) is 0 Å². The number of nitrogens with zero attached hydrogens (tertiary/aromatic N) is 3. The lowest BCUT2D eigenvalue weighted by molar-refractivity contribution is 0.0945. The normalized spacial score (nSPS) is 13.3. The summed E-state index contributed by atoms with van der Waals surface area (Å²) in [6.07, 6.45) is 2.53. The second-order valence-electron chi connectivity index (χ2n) is 7.34. The third kappa shape index (κ3) is 4.90. The molecule has 1 saturated heterocycles. The van der Waals surface area contributed by atoms with Crippen molar-refractivity contribution in [2.45, 2.75) is 26.3 Å². The van der Waals surface area contributed by atoms with Gasteiger partial charge in [-0.05, 0) is 61.7 Å². The Labute approximate surface area is 171 Å². The van der Waals surface area contributed by atoms with Crippen LogP contribution < -0.4 is 15.5 Å². The molecule has 2 heterocycles. The van der Waals surface area contributed by atoms with Crippen LogP contribution in [0.1, 0.15) is 34.5 Å². The molecule has 148 valence electrons. The highest BCUT2D eigenvalue weighted by Gasteiger charge is 2.12. The first-order chi connectivity index (χ1) is 14.2. The maximum Gasteiger partial charge on any atom is 0.272 e. The molecule has 3 aromatic rings. The van der Waals surface area contributed by atoms with E-state index < -0.39 is 0 Å². The van der Waals surface area contributed by atoms with Gasteiger partial charge in [-0.25, -0.2) is 0 Å². The number of hydrogen-bond acceptors (Lipinski definition) is 5. The Morgan fingerprint density at radius 2 is 1.66 bits per heavy atom. The molecule has 1 aromatic heterocycles. The van der Waals surface area contributed by atoms with E-state index in [1.165, 1.54) is 24.1 Å². The van der Waals surface area contributed by atoms with Crippen LogP contribution in [-0.4, -0.2) is 29.2 Å². The minimum atomic E-state index is -0.236. The van der Waals surface area contributed by atoms with Gasteiger partial charge in [0.15, 0.2) is 11.5 Å². The third-order valence-corrected chi connectivity index (χ3v) is 5.08. The zero-order chi connectivity index (χ0) is 20.1. The van der Waals surface area contributed by atoms with Crippen molar-refractivity contribution in [3.8, 4) is 0 Å². The molecule has 0 bridgehead atoms. The Morgan fingerprint density at radius 1 is 0.931 bits per heavy atom. The van der Waals surface area contributed by atoms with E-state index in [-0.39, 0.29) is 5.91 Å². The largest absolute Gasteiger partial charge is 0.372 e. The zero-order valence-corrected chi connectivity index (χ0v) is 16.6. The number of hydrogen-bond donors (Lipinski definition) is 2. The molecule has 1 fully saturated rings. The van der Waals surface area contributed by atoms with E-state index in [4.69, 9.17) is 0 Å². The number of benzene rings is 2. The predicted molar refractivity (Wildman–Crippen MR) is 116 cm³/mol. The van der Waals surface area contributed by atoms with Gasteiger partial charge in [-0.3, -0.25) is 4.79 Å². The molecule has 0 saturated carbocycles. The summed E-state index contributed by atoms with van der Waals surface area (Å²) in [5, 5.41) is 14.3. The average Bonchev–Trinajstić information content (AvgIpc) is 3.29. The topological polar surface area (TPSA) is 70.2 Å². The van der Waals surface area contributed by atoms with Crippen LogP contribution in [0.15, 0.2) is 60.7 Å². The van der Waals surface area contributed by atoms with E-state index in [0.717, 1.165) is 24.3 Å². The maximum atomic E-state index is 12.3. The fraction of sp³-hybridized carbons (Fsp3) is 0.261. The first-order valence-electron chi connectivity index (χ1n) is 9.97. The Bertz CT molecular complexity index is 946. The number of carbonyl (C=O) groups excluding carboxylic acids is 1. The second kappa shape index (κ2) is 8.73. The van der Waals surface area contributed by atoms with Gasteiger partial charge in [-0.1, -0.05) is 29.8 Å². The molecule has 2 aromatic carbocycles. The number of nitrogens with one attached hydrogen (secondary N) is 2. The zero-order valence-electron chi connectivity index (χ0n) is 16.6. The molecular formula is C23H25N5O. The molecular weight excluding hydrogens is 362 g/mol. The number of carbonyl (C=O) groups is 1. The fourth-order valence-electron chi connectivity index (χ4n) is 3.38. The summed E-state index contributed by atoms with van der Waals surface area (Å²) in [6.45, 7) is 4.76. The summed E-state index contributed by atoms with van der Waals surface area (Å²) < 4.78 is 0. The van der Waals surface area contributed by atoms with Gasteiger partial charge in [-0.15, -0.1) is 10.2 Å². The summed E-state index contributed by atoms with van der Waals surface area (Å²) in [5.74, 6) is 0.369. The molecule has 6 nitrogen and oxygen atoms in total. The lowest BCUT2D eigenvalue weighted by Crippen LogP contribution is -2.24. The molecule has 0 spiro atoms. The van der Waals surface area contributed by atoms with Crippen molar-refractivity contribution < 1.29 is 4.79 Å². The minimum absolute atomic E-state index is 0.236. The van der Waals surface area contributed by atoms with Gasteiger partial charge in [-0.2, -0.15) is 0 Å². The molecule has 4 rings (SSSR count). The summed E-state index contributed by atoms with van der Waals surface area (Å²) >= 11 is 0. The number of anilines is 3. The standard InChI is InChI=1S/C23H25N5O/c1-17-4-6-18(7-5-17)16-24-23(29)21-12-13-22(27-26-21)25-19-8-10-20(11-9-19)28-14-2-3-15-28/h4-13H,2-3,14-16H2,1H3,(H,24,29)(H,25,27). The summed E-state index contributed by atoms with van der Waals surface area (Å²) in [4.78, 5) is 14.7. The van der Waals surface area contributed by atoms with Crippen molar-refractivity contribution >= 4 is 23.1 Å². The predicted octanol–water partition coefficient (Wildman–Crippen LogP) is 4.06.